The molecule has 2 aliphatic rings. The molecule has 0 aliphatic carbocycles. The molecule has 0 N–H and O–H groups in total. The number of urea groups is 1. The van der Waals surface area contributed by atoms with Crippen molar-refractivity contribution >= 4 is 22.5 Å². The zero-order valence-corrected chi connectivity index (χ0v) is 11.4. The highest BCUT2D eigenvalue weighted by molar-refractivity contribution is 7.13. The van der Waals surface area contributed by atoms with Crippen molar-refractivity contribution in [3.63, 3.8) is 0 Å². The number of carbonyl (C=O) groups is 1. The Balaban J connectivity index is 1.76. The maximum atomic E-state index is 12.1. The highest BCUT2D eigenvalue weighted by Crippen LogP contribution is 2.35. The summed E-state index contributed by atoms with van der Waals surface area (Å²) in [5.74, 6) is 0. The molecule has 0 aromatic carbocycles. The van der Waals surface area contributed by atoms with Gasteiger partial charge >= 0.3 is 6.03 Å². The van der Waals surface area contributed by atoms with E-state index in [-0.39, 0.29) is 6.03 Å². The molecule has 7 heteroatoms. The van der Waals surface area contributed by atoms with Crippen molar-refractivity contribution in [1.82, 2.24) is 20.0 Å². The number of amides is 2. The highest BCUT2D eigenvalue weighted by atomic mass is 32.1. The summed E-state index contributed by atoms with van der Waals surface area (Å²) in [5.41, 5.74) is 1.76. The summed E-state index contributed by atoms with van der Waals surface area (Å²) in [4.78, 5) is 18.1. The minimum atomic E-state index is 0.126. The van der Waals surface area contributed by atoms with Crippen molar-refractivity contribution in [2.75, 3.05) is 32.1 Å². The van der Waals surface area contributed by atoms with Gasteiger partial charge in [0.05, 0.1) is 12.1 Å². The minimum absolute atomic E-state index is 0.126. The fourth-order valence-electron chi connectivity index (χ4n) is 3.01. The smallest absolute Gasteiger partial charge is 0.319 e. The van der Waals surface area contributed by atoms with E-state index in [1.807, 2.05) is 19.0 Å². The summed E-state index contributed by atoms with van der Waals surface area (Å²) in [6.45, 7) is 1.82. The molecule has 2 amide bonds. The Hall–Kier alpha value is -1.37. The molecule has 18 heavy (non-hydrogen) atoms. The van der Waals surface area contributed by atoms with Gasteiger partial charge in [-0.2, -0.15) is 0 Å². The topological polar surface area (TPSA) is 52.6 Å². The standard InChI is InChI=1S/C11H17N5OS/c1-14(2)11(17)16-6-4-8-9(16)3-5-15(8)10-13-12-7-18-10/h7-9H,3-6H2,1-2H3/t8-,9+/m1/s1. The van der Waals surface area contributed by atoms with Gasteiger partial charge in [-0.25, -0.2) is 4.79 Å². The van der Waals surface area contributed by atoms with Crippen LogP contribution in [0.15, 0.2) is 5.51 Å². The predicted molar refractivity (Wildman–Crippen MR) is 69.9 cm³/mol. The van der Waals surface area contributed by atoms with Crippen molar-refractivity contribution in [2.24, 2.45) is 0 Å². The van der Waals surface area contributed by atoms with Gasteiger partial charge in [0.1, 0.15) is 5.51 Å². The Kier molecular flexibility index (Phi) is 2.85. The van der Waals surface area contributed by atoms with Crippen LogP contribution in [0.1, 0.15) is 12.8 Å². The molecule has 3 heterocycles. The van der Waals surface area contributed by atoms with Crippen LogP contribution in [-0.2, 0) is 0 Å². The van der Waals surface area contributed by atoms with Crippen LogP contribution in [0.4, 0.5) is 9.93 Å². The fourth-order valence-corrected chi connectivity index (χ4v) is 3.66. The van der Waals surface area contributed by atoms with Gasteiger partial charge in [0, 0.05) is 27.2 Å². The van der Waals surface area contributed by atoms with Gasteiger partial charge in [-0.3, -0.25) is 0 Å². The number of nitrogens with zero attached hydrogens (tertiary/aromatic N) is 5. The number of anilines is 1. The lowest BCUT2D eigenvalue weighted by Crippen LogP contribution is -2.44. The van der Waals surface area contributed by atoms with Crippen LogP contribution in [0.5, 0.6) is 0 Å². The number of rotatable bonds is 1. The Morgan fingerprint density at radius 2 is 2.17 bits per heavy atom. The Morgan fingerprint density at radius 1 is 1.39 bits per heavy atom. The molecule has 0 radical (unpaired) electrons. The van der Waals surface area contributed by atoms with Gasteiger partial charge in [-0.05, 0) is 12.8 Å². The average molecular weight is 267 g/mol. The molecule has 2 aliphatic heterocycles. The molecule has 0 bridgehead atoms. The summed E-state index contributed by atoms with van der Waals surface area (Å²) in [6.07, 6.45) is 2.06. The summed E-state index contributed by atoms with van der Waals surface area (Å²) >= 11 is 1.57. The van der Waals surface area contributed by atoms with Crippen LogP contribution in [0.25, 0.3) is 0 Å². The first-order chi connectivity index (χ1) is 8.68. The number of likely N-dealkylation sites (tertiary alicyclic amines) is 1. The van der Waals surface area contributed by atoms with Gasteiger partial charge in [0.25, 0.3) is 0 Å². The molecule has 2 atom stereocenters. The second kappa shape index (κ2) is 4.38. The fraction of sp³-hybridized carbons (Fsp3) is 0.727. The molecular formula is C11H17N5OS. The normalized spacial score (nSPS) is 26.6. The Morgan fingerprint density at radius 3 is 2.83 bits per heavy atom. The number of hydrogen-bond acceptors (Lipinski definition) is 5. The van der Waals surface area contributed by atoms with Crippen LogP contribution in [0.2, 0.25) is 0 Å². The van der Waals surface area contributed by atoms with Crippen molar-refractivity contribution in [3.8, 4) is 0 Å². The van der Waals surface area contributed by atoms with Crippen LogP contribution in [0, 0.1) is 0 Å². The lowest BCUT2D eigenvalue weighted by molar-refractivity contribution is 0.166. The van der Waals surface area contributed by atoms with Gasteiger partial charge < -0.3 is 14.7 Å². The van der Waals surface area contributed by atoms with E-state index in [1.165, 1.54) is 0 Å². The first-order valence-electron chi connectivity index (χ1n) is 6.19. The summed E-state index contributed by atoms with van der Waals surface area (Å²) < 4.78 is 0. The van der Waals surface area contributed by atoms with Gasteiger partial charge in [0.2, 0.25) is 5.13 Å². The Bertz CT molecular complexity index is 435. The van der Waals surface area contributed by atoms with Crippen LogP contribution in [-0.4, -0.2) is 65.3 Å². The number of fused-ring (bicyclic) bond motifs is 1. The zero-order chi connectivity index (χ0) is 12.7. The highest BCUT2D eigenvalue weighted by Gasteiger charge is 2.45. The number of aromatic nitrogens is 2. The van der Waals surface area contributed by atoms with E-state index in [2.05, 4.69) is 15.1 Å². The molecule has 2 fully saturated rings. The minimum Gasteiger partial charge on any atom is -0.341 e. The van der Waals surface area contributed by atoms with Crippen molar-refractivity contribution in [2.45, 2.75) is 24.9 Å². The molecule has 0 saturated carbocycles. The van der Waals surface area contributed by atoms with Gasteiger partial charge in [-0.15, -0.1) is 10.2 Å². The predicted octanol–water partition coefficient (Wildman–Crippen LogP) is 0.873. The molecule has 0 spiro atoms. The van der Waals surface area contributed by atoms with E-state index in [4.69, 9.17) is 0 Å². The Labute approximate surface area is 110 Å². The first kappa shape index (κ1) is 11.7. The van der Waals surface area contributed by atoms with Gasteiger partial charge in [-0.1, -0.05) is 11.3 Å². The van der Waals surface area contributed by atoms with E-state index >= 15 is 0 Å². The zero-order valence-electron chi connectivity index (χ0n) is 10.6. The maximum absolute atomic E-state index is 12.1. The van der Waals surface area contributed by atoms with Crippen LogP contribution >= 0.6 is 11.3 Å². The molecule has 1 aromatic heterocycles. The third-order valence-electron chi connectivity index (χ3n) is 3.80. The SMILES string of the molecule is CN(C)C(=O)N1CC[C@@H]2[C@@H]1CCN2c1nncs1. The maximum Gasteiger partial charge on any atom is 0.319 e. The molecule has 1 aromatic rings. The summed E-state index contributed by atoms with van der Waals surface area (Å²) in [6, 6.07) is 0.882. The van der Waals surface area contributed by atoms with Crippen LogP contribution < -0.4 is 4.90 Å². The largest absolute Gasteiger partial charge is 0.341 e. The van der Waals surface area contributed by atoms with Crippen molar-refractivity contribution < 1.29 is 4.79 Å². The summed E-state index contributed by atoms with van der Waals surface area (Å²) in [5, 5.41) is 9.03. The monoisotopic (exact) mass is 267 g/mol. The number of carbonyl (C=O) groups excluding carboxylic acids is 1. The molecule has 6 nitrogen and oxygen atoms in total. The molecule has 0 unspecified atom stereocenters. The number of hydrogen-bond donors (Lipinski definition) is 0. The molecular weight excluding hydrogens is 250 g/mol. The van der Waals surface area contributed by atoms with E-state index in [0.717, 1.165) is 31.1 Å². The average Bonchev–Trinajstić information content (AvgIpc) is 3.04. The third kappa shape index (κ3) is 1.73. The molecule has 2 saturated heterocycles. The van der Waals surface area contributed by atoms with E-state index in [0.29, 0.717) is 12.1 Å². The third-order valence-corrected chi connectivity index (χ3v) is 4.53. The van der Waals surface area contributed by atoms with Crippen molar-refractivity contribution in [3.05, 3.63) is 5.51 Å². The second-order valence-corrected chi connectivity index (χ2v) is 5.81. The lowest BCUT2D eigenvalue weighted by atomic mass is 10.1. The molecule has 98 valence electrons. The van der Waals surface area contributed by atoms with Crippen LogP contribution in [0.3, 0.4) is 0 Å². The first-order valence-corrected chi connectivity index (χ1v) is 7.07. The van der Waals surface area contributed by atoms with E-state index in [1.54, 1.807) is 21.7 Å². The summed E-state index contributed by atoms with van der Waals surface area (Å²) in [7, 11) is 3.63. The van der Waals surface area contributed by atoms with E-state index < -0.39 is 0 Å². The second-order valence-electron chi connectivity index (χ2n) is 5.00. The molecule has 3 rings (SSSR count). The van der Waals surface area contributed by atoms with Gasteiger partial charge in [0.15, 0.2) is 0 Å². The van der Waals surface area contributed by atoms with E-state index in [9.17, 15) is 4.79 Å². The quantitative estimate of drug-likeness (QED) is 0.758. The lowest BCUT2D eigenvalue weighted by Gasteiger charge is -2.27. The van der Waals surface area contributed by atoms with Crippen molar-refractivity contribution in [1.29, 1.82) is 0 Å².